The van der Waals surface area contributed by atoms with E-state index in [2.05, 4.69) is 67.0 Å². The number of hydrogen-bond acceptors (Lipinski definition) is 6. The minimum atomic E-state index is -0.369. The Hall–Kier alpha value is -2.55. The summed E-state index contributed by atoms with van der Waals surface area (Å²) in [5.41, 5.74) is 2.54. The van der Waals surface area contributed by atoms with Crippen molar-refractivity contribution >= 4 is 34.1 Å². The summed E-state index contributed by atoms with van der Waals surface area (Å²) in [6.07, 6.45) is 3.67. The number of carbonyl (C=O) groups excluding carboxylic acids is 2. The summed E-state index contributed by atoms with van der Waals surface area (Å²) in [4.78, 5) is 35.2. The summed E-state index contributed by atoms with van der Waals surface area (Å²) < 4.78 is 8.16. The van der Waals surface area contributed by atoms with E-state index in [1.807, 2.05) is 18.2 Å². The minimum Gasteiger partial charge on any atom is -0.374 e. The molecule has 1 fully saturated rings. The summed E-state index contributed by atoms with van der Waals surface area (Å²) in [6.45, 7) is 11.5. The summed E-state index contributed by atoms with van der Waals surface area (Å²) in [5.74, 6) is 0.905. The second-order valence-corrected chi connectivity index (χ2v) is 12.3. The molecule has 1 saturated heterocycles. The van der Waals surface area contributed by atoms with Crippen LogP contribution in [-0.2, 0) is 16.0 Å². The number of Topliss-reactive ketones (excluding diaryl/α,β-unsaturated/α-hetero) is 1. The molecule has 8 heteroatoms. The Morgan fingerprint density at radius 2 is 2.00 bits per heavy atom. The summed E-state index contributed by atoms with van der Waals surface area (Å²) >= 11 is 1.74. The quantitative estimate of drug-likeness (QED) is 0.274. The first-order chi connectivity index (χ1) is 18.8. The number of amides is 1. The van der Waals surface area contributed by atoms with E-state index in [1.165, 1.54) is 4.88 Å². The molecule has 1 unspecified atom stereocenters. The third kappa shape index (κ3) is 7.56. The van der Waals surface area contributed by atoms with Gasteiger partial charge in [0, 0.05) is 54.9 Å². The van der Waals surface area contributed by atoms with Crippen molar-refractivity contribution in [1.82, 2.24) is 19.8 Å². The van der Waals surface area contributed by atoms with Gasteiger partial charge in [-0.3, -0.25) is 9.59 Å². The van der Waals surface area contributed by atoms with E-state index >= 15 is 0 Å². The standard InChI is InChI=1S/C31H44N4O3S/c1-6-24(7-2)35-28-11-10-22(16-27(28)33-30(35)18-26-9-8-14-39-26)29(36)17-23(15-21(3)4)31(37)32-19-25-20-34(5)12-13-38-25/h8-11,14,16,21,23-25H,6-7,12-13,15,17-20H2,1-5H3,(H,32,37)/t23-,25?/m1/s1. The number of imidazole rings is 1. The van der Waals surface area contributed by atoms with Gasteiger partial charge in [-0.25, -0.2) is 4.98 Å². The summed E-state index contributed by atoms with van der Waals surface area (Å²) in [6, 6.07) is 10.5. The molecule has 1 aromatic carbocycles. The third-order valence-electron chi connectivity index (χ3n) is 7.71. The number of carbonyl (C=O) groups is 2. The first-order valence-corrected chi connectivity index (χ1v) is 15.3. The van der Waals surface area contributed by atoms with Gasteiger partial charge in [0.25, 0.3) is 0 Å². The van der Waals surface area contributed by atoms with Crippen molar-refractivity contribution in [2.75, 3.05) is 33.3 Å². The minimum absolute atomic E-state index is 0.0109. The molecule has 3 aromatic rings. The first-order valence-electron chi connectivity index (χ1n) is 14.4. The molecule has 7 nitrogen and oxygen atoms in total. The van der Waals surface area contributed by atoms with E-state index in [1.54, 1.807) is 11.3 Å². The number of benzene rings is 1. The van der Waals surface area contributed by atoms with Gasteiger partial charge in [-0.15, -0.1) is 11.3 Å². The summed E-state index contributed by atoms with van der Waals surface area (Å²) in [5, 5.41) is 5.16. The number of aromatic nitrogens is 2. The highest BCUT2D eigenvalue weighted by Crippen LogP contribution is 2.29. The highest BCUT2D eigenvalue weighted by molar-refractivity contribution is 7.09. The Kier molecular flexibility index (Phi) is 10.3. The number of hydrogen-bond donors (Lipinski definition) is 1. The van der Waals surface area contributed by atoms with Crippen molar-refractivity contribution in [1.29, 1.82) is 0 Å². The average Bonchev–Trinajstić information content (AvgIpc) is 3.55. The van der Waals surface area contributed by atoms with Crippen LogP contribution < -0.4 is 5.32 Å². The smallest absolute Gasteiger partial charge is 0.223 e. The maximum absolute atomic E-state index is 13.5. The molecular formula is C31H44N4O3S. The molecule has 212 valence electrons. The van der Waals surface area contributed by atoms with Crippen LogP contribution in [0.2, 0.25) is 0 Å². The molecule has 2 aromatic heterocycles. The van der Waals surface area contributed by atoms with E-state index in [9.17, 15) is 9.59 Å². The van der Waals surface area contributed by atoms with Gasteiger partial charge in [0.1, 0.15) is 5.82 Å². The fourth-order valence-electron chi connectivity index (χ4n) is 5.62. The van der Waals surface area contributed by atoms with Crippen LogP contribution in [0.4, 0.5) is 0 Å². The fraction of sp³-hybridized carbons (Fsp3) is 0.581. The molecule has 0 aliphatic carbocycles. The van der Waals surface area contributed by atoms with E-state index in [4.69, 9.17) is 9.72 Å². The normalized spacial score (nSPS) is 17.3. The molecule has 1 amide bonds. The largest absolute Gasteiger partial charge is 0.374 e. The van der Waals surface area contributed by atoms with Crippen molar-refractivity contribution < 1.29 is 14.3 Å². The van der Waals surface area contributed by atoms with Gasteiger partial charge < -0.3 is 19.5 Å². The van der Waals surface area contributed by atoms with Crippen LogP contribution in [0.1, 0.15) is 80.5 Å². The van der Waals surface area contributed by atoms with Crippen LogP contribution >= 0.6 is 11.3 Å². The zero-order valence-electron chi connectivity index (χ0n) is 24.1. The number of rotatable bonds is 13. The number of nitrogens with one attached hydrogen (secondary N) is 1. The van der Waals surface area contributed by atoms with E-state index in [0.29, 0.717) is 37.1 Å². The van der Waals surface area contributed by atoms with E-state index in [0.717, 1.165) is 49.2 Å². The van der Waals surface area contributed by atoms with E-state index < -0.39 is 0 Å². The predicted octanol–water partition coefficient (Wildman–Crippen LogP) is 5.73. The first kappa shape index (κ1) is 29.4. The zero-order valence-corrected chi connectivity index (χ0v) is 24.9. The molecule has 1 N–H and O–H groups in total. The van der Waals surface area contributed by atoms with Gasteiger partial charge in [0.05, 0.1) is 23.7 Å². The molecule has 3 heterocycles. The van der Waals surface area contributed by atoms with Crippen LogP contribution in [0.5, 0.6) is 0 Å². The molecule has 0 spiro atoms. The van der Waals surface area contributed by atoms with Gasteiger partial charge in [-0.2, -0.15) is 0 Å². The molecule has 0 radical (unpaired) electrons. The average molecular weight is 553 g/mol. The van der Waals surface area contributed by atoms with Crippen molar-refractivity contribution in [3.8, 4) is 0 Å². The van der Waals surface area contributed by atoms with Crippen molar-refractivity contribution in [2.24, 2.45) is 11.8 Å². The maximum Gasteiger partial charge on any atom is 0.223 e. The molecule has 0 saturated carbocycles. The second-order valence-electron chi connectivity index (χ2n) is 11.3. The number of likely N-dealkylation sites (N-methyl/N-ethyl adjacent to an activating group) is 1. The van der Waals surface area contributed by atoms with Gasteiger partial charge in [0.15, 0.2) is 5.78 Å². The molecule has 4 rings (SSSR count). The van der Waals surface area contributed by atoms with Crippen LogP contribution in [0.3, 0.4) is 0 Å². The Bertz CT molecular complexity index is 1230. The molecule has 0 bridgehead atoms. The fourth-order valence-corrected chi connectivity index (χ4v) is 6.32. The lowest BCUT2D eigenvalue weighted by molar-refractivity contribution is -0.126. The van der Waals surface area contributed by atoms with Crippen molar-refractivity contribution in [3.63, 3.8) is 0 Å². The summed E-state index contributed by atoms with van der Waals surface area (Å²) in [7, 11) is 2.06. The van der Waals surface area contributed by atoms with Crippen LogP contribution in [0, 0.1) is 11.8 Å². The number of morpholine rings is 1. The maximum atomic E-state index is 13.5. The Labute approximate surface area is 236 Å². The van der Waals surface area contributed by atoms with E-state index in [-0.39, 0.29) is 30.1 Å². The number of fused-ring (bicyclic) bond motifs is 1. The van der Waals surface area contributed by atoms with Gasteiger partial charge in [-0.1, -0.05) is 33.8 Å². The molecular weight excluding hydrogens is 508 g/mol. The van der Waals surface area contributed by atoms with Crippen molar-refractivity contribution in [2.45, 2.75) is 71.9 Å². The third-order valence-corrected chi connectivity index (χ3v) is 8.59. The Morgan fingerprint density at radius 3 is 2.67 bits per heavy atom. The lowest BCUT2D eigenvalue weighted by atomic mass is 9.89. The zero-order chi connectivity index (χ0) is 27.9. The van der Waals surface area contributed by atoms with Crippen LogP contribution in [0.25, 0.3) is 11.0 Å². The Morgan fingerprint density at radius 1 is 1.21 bits per heavy atom. The molecule has 1 aliphatic heterocycles. The predicted molar refractivity (Wildman–Crippen MR) is 159 cm³/mol. The highest BCUT2D eigenvalue weighted by Gasteiger charge is 2.26. The highest BCUT2D eigenvalue weighted by atomic mass is 32.1. The topological polar surface area (TPSA) is 76.5 Å². The number of ether oxygens (including phenoxy) is 1. The lowest BCUT2D eigenvalue weighted by Crippen LogP contribution is -2.47. The SMILES string of the molecule is CCC(CC)n1c(Cc2cccs2)nc2cc(C(=O)C[C@@H](CC(C)C)C(=O)NCC3CN(C)CCO3)ccc21. The van der Waals surface area contributed by atoms with Gasteiger partial charge in [-0.05, 0) is 61.9 Å². The Balaban J connectivity index is 1.52. The molecule has 2 atom stereocenters. The van der Waals surface area contributed by atoms with Gasteiger partial charge >= 0.3 is 0 Å². The van der Waals surface area contributed by atoms with Crippen LogP contribution in [-0.4, -0.2) is 65.5 Å². The second kappa shape index (κ2) is 13.7. The number of ketones is 1. The monoisotopic (exact) mass is 552 g/mol. The number of thiophene rings is 1. The molecule has 1 aliphatic rings. The number of nitrogens with zero attached hydrogens (tertiary/aromatic N) is 3. The van der Waals surface area contributed by atoms with Gasteiger partial charge in [0.2, 0.25) is 5.91 Å². The molecule has 39 heavy (non-hydrogen) atoms. The van der Waals surface area contributed by atoms with Crippen molar-refractivity contribution in [3.05, 3.63) is 52.0 Å². The lowest BCUT2D eigenvalue weighted by Gasteiger charge is -2.30. The van der Waals surface area contributed by atoms with Crippen LogP contribution in [0.15, 0.2) is 35.7 Å².